The number of aromatic nitrogens is 6. The number of amidine groups is 1. The van der Waals surface area contributed by atoms with Gasteiger partial charge in [-0.3, -0.25) is 25.2 Å². The Morgan fingerprint density at radius 2 is 2.12 bits per heavy atom. The minimum atomic E-state index is -0.220. The van der Waals surface area contributed by atoms with E-state index in [1.165, 1.54) is 0 Å². The molecule has 1 amide bonds. The highest BCUT2D eigenvalue weighted by Crippen LogP contribution is 2.17. The fraction of sp³-hybridized carbons (Fsp3) is 0.200. The molecule has 4 rings (SSSR count). The van der Waals surface area contributed by atoms with Crippen LogP contribution in [0.4, 0.5) is 5.82 Å². The molecule has 3 aromatic heterocycles. The molecule has 3 heterocycles. The third kappa shape index (κ3) is 5.85. The number of anilines is 1. The zero-order chi connectivity index (χ0) is 23.8. The Morgan fingerprint density at radius 3 is 2.91 bits per heavy atom. The van der Waals surface area contributed by atoms with Gasteiger partial charge in [0.05, 0.1) is 25.8 Å². The van der Waals surface area contributed by atoms with E-state index in [0.29, 0.717) is 36.8 Å². The minimum absolute atomic E-state index is 0.111. The molecule has 13 nitrogen and oxygen atoms in total. The molecular weight excluding hydrogens is 508 g/mol. The fourth-order valence-corrected chi connectivity index (χ4v) is 3.38. The van der Waals surface area contributed by atoms with Gasteiger partial charge in [0.15, 0.2) is 11.5 Å². The van der Waals surface area contributed by atoms with Crippen LogP contribution in [0.5, 0.6) is 0 Å². The van der Waals surface area contributed by atoms with Crippen LogP contribution < -0.4 is 16.1 Å². The number of hydrogen-bond acceptors (Lipinski definition) is 9. The maximum atomic E-state index is 12.0. The summed E-state index contributed by atoms with van der Waals surface area (Å²) in [4.78, 5) is 19.2. The lowest BCUT2D eigenvalue weighted by Gasteiger charge is -2.06. The van der Waals surface area contributed by atoms with Crippen molar-refractivity contribution in [3.05, 3.63) is 75.9 Å². The number of carbonyl (C=O) groups excluding carboxylic acids is 1. The number of H-pyrrole nitrogens is 1. The van der Waals surface area contributed by atoms with Crippen molar-refractivity contribution >= 4 is 33.5 Å². The van der Waals surface area contributed by atoms with Gasteiger partial charge in [0, 0.05) is 17.2 Å². The molecule has 0 atom stereocenters. The molecule has 0 saturated carbocycles. The molecular formula is C20H21BrN10O3. The smallest absolute Gasteiger partial charge is 0.268 e. The first-order valence-electron chi connectivity index (χ1n) is 10.2. The summed E-state index contributed by atoms with van der Waals surface area (Å²) in [5.74, 6) is 0.202. The summed E-state index contributed by atoms with van der Waals surface area (Å²) >= 11 is 3.47. The minimum Gasteiger partial charge on any atom is -0.363 e. The van der Waals surface area contributed by atoms with Crippen LogP contribution in [0.1, 0.15) is 27.4 Å². The first-order valence-corrected chi connectivity index (χ1v) is 11.0. The quantitative estimate of drug-likeness (QED) is 0.117. The number of amides is 1. The first kappa shape index (κ1) is 23.1. The van der Waals surface area contributed by atoms with Crippen LogP contribution in [0.3, 0.4) is 0 Å². The van der Waals surface area contributed by atoms with Crippen LogP contribution in [0.2, 0.25) is 0 Å². The molecule has 0 aliphatic heterocycles. The van der Waals surface area contributed by atoms with Gasteiger partial charge in [-0.2, -0.15) is 0 Å². The topological polar surface area (TPSA) is 171 Å². The van der Waals surface area contributed by atoms with Crippen molar-refractivity contribution in [1.29, 1.82) is 0 Å². The van der Waals surface area contributed by atoms with E-state index in [9.17, 15) is 10.0 Å². The zero-order valence-electron chi connectivity index (χ0n) is 17.8. The van der Waals surface area contributed by atoms with Gasteiger partial charge in [-0.15, -0.1) is 5.10 Å². The van der Waals surface area contributed by atoms with E-state index in [1.807, 2.05) is 29.7 Å². The first-order chi connectivity index (χ1) is 16.6. The van der Waals surface area contributed by atoms with Gasteiger partial charge in [-0.1, -0.05) is 39.3 Å². The van der Waals surface area contributed by atoms with E-state index in [0.717, 1.165) is 10.0 Å². The number of nitrogens with zero attached hydrogens (tertiary/aromatic N) is 6. The molecule has 0 unspecified atom stereocenters. The second-order valence-electron chi connectivity index (χ2n) is 7.00. The van der Waals surface area contributed by atoms with Crippen LogP contribution in [0.15, 0.2) is 62.9 Å². The molecule has 0 bridgehead atoms. The average Bonchev–Trinajstić information content (AvgIpc) is 3.62. The van der Waals surface area contributed by atoms with E-state index in [-0.39, 0.29) is 24.0 Å². The molecule has 5 N–H and O–H groups in total. The van der Waals surface area contributed by atoms with E-state index >= 15 is 0 Å². The van der Waals surface area contributed by atoms with Crippen LogP contribution in [-0.4, -0.2) is 53.8 Å². The molecule has 176 valence electrons. The number of nitrogens with one attached hydrogen (secondary N) is 4. The van der Waals surface area contributed by atoms with E-state index in [4.69, 9.17) is 4.63 Å². The summed E-state index contributed by atoms with van der Waals surface area (Å²) in [6.45, 7) is 1.43. The van der Waals surface area contributed by atoms with Crippen LogP contribution in [0.25, 0.3) is 0 Å². The number of carbonyl (C=O) groups is 1. The normalized spacial score (nSPS) is 11.4. The number of rotatable bonds is 10. The maximum Gasteiger partial charge on any atom is 0.268 e. The molecule has 34 heavy (non-hydrogen) atoms. The number of aliphatic imine (C=N–C) groups is 1. The summed E-state index contributed by atoms with van der Waals surface area (Å²) in [6.07, 6.45) is 3.42. The summed E-state index contributed by atoms with van der Waals surface area (Å²) in [7, 11) is 0. The van der Waals surface area contributed by atoms with Crippen molar-refractivity contribution in [3.8, 4) is 0 Å². The number of hydroxylamine groups is 1. The summed E-state index contributed by atoms with van der Waals surface area (Å²) < 4.78 is 7.35. The second-order valence-corrected chi connectivity index (χ2v) is 7.85. The van der Waals surface area contributed by atoms with E-state index in [2.05, 4.69) is 57.2 Å². The number of hydrogen-bond donors (Lipinski definition) is 5. The third-order valence-corrected chi connectivity index (χ3v) is 5.45. The SMILES string of the molecule is O=C(NCc1cn(CCNc2nonc2C(=NCc2ccccc2Br)NO)nn1)c1ccc[nH]1. The van der Waals surface area contributed by atoms with Gasteiger partial charge in [-0.05, 0) is 34.1 Å². The van der Waals surface area contributed by atoms with E-state index < -0.39 is 0 Å². The number of aromatic amines is 1. The Bertz CT molecular complexity index is 1250. The van der Waals surface area contributed by atoms with Crippen molar-refractivity contribution < 1.29 is 14.6 Å². The Balaban J connectivity index is 1.29. The standard InChI is InChI=1S/C20H21BrN10O3/c21-15-5-2-1-4-13(15)10-24-18(27-33)17-19(29-34-28-17)23-8-9-31-12-14(26-30-31)11-25-20(32)16-6-3-7-22-16/h1-7,12,22,33H,8-11H2,(H,23,29)(H,24,27)(H,25,32). The molecule has 0 aliphatic rings. The molecule has 0 saturated heterocycles. The average molecular weight is 529 g/mol. The molecule has 4 aromatic rings. The Morgan fingerprint density at radius 1 is 1.24 bits per heavy atom. The largest absolute Gasteiger partial charge is 0.363 e. The fourth-order valence-electron chi connectivity index (χ4n) is 2.97. The Labute approximate surface area is 201 Å². The zero-order valence-corrected chi connectivity index (χ0v) is 19.4. The molecule has 0 aliphatic carbocycles. The van der Waals surface area contributed by atoms with Crippen molar-refractivity contribution in [2.45, 2.75) is 19.6 Å². The van der Waals surface area contributed by atoms with Crippen molar-refractivity contribution in [2.24, 2.45) is 4.99 Å². The predicted octanol–water partition coefficient (Wildman–Crippen LogP) is 1.72. The van der Waals surface area contributed by atoms with Gasteiger partial charge in [0.2, 0.25) is 5.82 Å². The summed E-state index contributed by atoms with van der Waals surface area (Å²) in [6, 6.07) is 11.1. The number of halogens is 1. The van der Waals surface area contributed by atoms with Crippen molar-refractivity contribution in [3.63, 3.8) is 0 Å². The van der Waals surface area contributed by atoms with Gasteiger partial charge >= 0.3 is 0 Å². The Hall–Kier alpha value is -4.04. The predicted molar refractivity (Wildman–Crippen MR) is 124 cm³/mol. The molecule has 0 spiro atoms. The van der Waals surface area contributed by atoms with E-state index in [1.54, 1.807) is 29.2 Å². The third-order valence-electron chi connectivity index (χ3n) is 4.68. The molecule has 1 aromatic carbocycles. The summed E-state index contributed by atoms with van der Waals surface area (Å²) in [5.41, 5.74) is 4.32. The highest BCUT2D eigenvalue weighted by Gasteiger charge is 2.16. The van der Waals surface area contributed by atoms with Gasteiger partial charge in [-0.25, -0.2) is 4.63 Å². The van der Waals surface area contributed by atoms with Crippen LogP contribution >= 0.6 is 15.9 Å². The molecule has 0 radical (unpaired) electrons. The van der Waals surface area contributed by atoms with Crippen molar-refractivity contribution in [1.82, 2.24) is 41.1 Å². The highest BCUT2D eigenvalue weighted by molar-refractivity contribution is 9.10. The van der Waals surface area contributed by atoms with Gasteiger partial charge < -0.3 is 15.6 Å². The lowest BCUT2D eigenvalue weighted by atomic mass is 10.2. The van der Waals surface area contributed by atoms with Gasteiger partial charge in [0.1, 0.15) is 11.4 Å². The Kier molecular flexibility index (Phi) is 7.62. The van der Waals surface area contributed by atoms with Crippen molar-refractivity contribution in [2.75, 3.05) is 11.9 Å². The van der Waals surface area contributed by atoms with Gasteiger partial charge in [0.25, 0.3) is 5.91 Å². The van der Waals surface area contributed by atoms with Crippen LogP contribution in [0, 0.1) is 0 Å². The number of benzene rings is 1. The second kappa shape index (κ2) is 11.2. The molecule has 0 fully saturated rings. The maximum absolute atomic E-state index is 12.0. The lowest BCUT2D eigenvalue weighted by molar-refractivity contribution is 0.0946. The monoisotopic (exact) mass is 528 g/mol. The summed E-state index contributed by atoms with van der Waals surface area (Å²) in [5, 5.41) is 31.1. The van der Waals surface area contributed by atoms with Crippen LogP contribution in [-0.2, 0) is 19.6 Å². The molecule has 14 heteroatoms. The lowest BCUT2D eigenvalue weighted by Crippen LogP contribution is -2.23. The highest BCUT2D eigenvalue weighted by atomic mass is 79.9.